The highest BCUT2D eigenvalue weighted by molar-refractivity contribution is 7.47. The molecule has 1 rings (SSSR count). The highest BCUT2D eigenvalue weighted by Gasteiger charge is 2.51. The third kappa shape index (κ3) is 31.6. The lowest BCUT2D eigenvalue weighted by molar-refractivity contribution is -0.220. The second-order valence-electron chi connectivity index (χ2n) is 17.7. The van der Waals surface area contributed by atoms with Crippen molar-refractivity contribution in [3.05, 3.63) is 12.2 Å². The number of aliphatic hydroxyl groups is 5. The van der Waals surface area contributed by atoms with Gasteiger partial charge in [0, 0.05) is 13.0 Å². The normalized spacial score (nSPS) is 22.2. The fourth-order valence-corrected chi connectivity index (χ4v) is 8.85. The molecule has 6 N–H and O–H groups in total. The lowest BCUT2D eigenvalue weighted by Crippen LogP contribution is -2.64. The SMILES string of the molecule is CCCCCCC/C=C\CCCCCCCC(=O)OC(COCCCCCCCCCCCCCCCCCCCCCC)COP(=O)(O)OC1C(O)C(O)C(O)C(O)C1O. The van der Waals surface area contributed by atoms with Gasteiger partial charge in [-0.1, -0.05) is 193 Å². The van der Waals surface area contributed by atoms with Gasteiger partial charge in [-0.15, -0.1) is 0 Å². The minimum Gasteiger partial charge on any atom is -0.457 e. The van der Waals surface area contributed by atoms with Crippen molar-refractivity contribution in [3.63, 3.8) is 0 Å². The molecule has 13 heteroatoms. The Morgan fingerprint density at radius 1 is 0.508 bits per heavy atom. The van der Waals surface area contributed by atoms with Gasteiger partial charge in [0.05, 0.1) is 13.2 Å². The van der Waals surface area contributed by atoms with E-state index in [9.17, 15) is 39.8 Å². The average Bonchev–Trinajstić information content (AvgIpc) is 3.24. The molecule has 1 fully saturated rings. The van der Waals surface area contributed by atoms with Crippen LogP contribution in [0.2, 0.25) is 0 Å². The molecule has 0 heterocycles. The van der Waals surface area contributed by atoms with Gasteiger partial charge in [-0.2, -0.15) is 0 Å². The molecule has 0 radical (unpaired) electrons. The van der Waals surface area contributed by atoms with Crippen molar-refractivity contribution in [1.29, 1.82) is 0 Å². The number of rotatable bonds is 43. The van der Waals surface area contributed by atoms with E-state index in [1.165, 1.54) is 141 Å². The first-order valence-corrected chi connectivity index (χ1v) is 26.5. The van der Waals surface area contributed by atoms with E-state index in [0.717, 1.165) is 57.8 Å². The molecule has 6 unspecified atom stereocenters. The molecule has 0 aromatic rings. The van der Waals surface area contributed by atoms with E-state index >= 15 is 0 Å². The van der Waals surface area contributed by atoms with E-state index in [-0.39, 0.29) is 13.0 Å². The number of carbonyl (C=O) groups is 1. The molecule has 0 saturated heterocycles. The van der Waals surface area contributed by atoms with Crippen LogP contribution in [0.4, 0.5) is 0 Å². The van der Waals surface area contributed by atoms with Crippen molar-refractivity contribution in [3.8, 4) is 0 Å². The van der Waals surface area contributed by atoms with Crippen LogP contribution in [0, 0.1) is 0 Å². The standard InChI is InChI=1S/C48H93O12P/c1-3-5-7-9-11-13-15-17-19-20-21-22-23-24-26-28-30-32-34-36-38-57-39-41(40-58-61(55,56)60-48-46(53)44(51)43(50)45(52)47(48)54)59-42(49)37-35-33-31-29-27-25-18-16-14-12-10-8-6-4-2/h16,18,41,43-48,50-54H,3-15,17,19-40H2,1-2H3,(H,55,56)/b18-16-. The molecule has 1 saturated carbocycles. The third-order valence-corrected chi connectivity index (χ3v) is 12.9. The van der Waals surface area contributed by atoms with Crippen LogP contribution in [-0.2, 0) is 27.9 Å². The maximum atomic E-state index is 12.8. The van der Waals surface area contributed by atoms with Gasteiger partial charge in [0.1, 0.15) is 42.7 Å². The van der Waals surface area contributed by atoms with Crippen molar-refractivity contribution in [2.45, 2.75) is 268 Å². The van der Waals surface area contributed by atoms with E-state index in [2.05, 4.69) is 26.0 Å². The number of phosphoric ester groups is 1. The fraction of sp³-hybridized carbons (Fsp3) is 0.938. The predicted molar refractivity (Wildman–Crippen MR) is 244 cm³/mol. The number of carbonyl (C=O) groups excluding carboxylic acids is 1. The van der Waals surface area contributed by atoms with Gasteiger partial charge in [-0.05, 0) is 38.5 Å². The minimum atomic E-state index is -5.02. The summed E-state index contributed by atoms with van der Waals surface area (Å²) in [5.74, 6) is -0.482. The number of unbranched alkanes of at least 4 members (excludes halogenated alkanes) is 29. The van der Waals surface area contributed by atoms with E-state index in [4.69, 9.17) is 18.5 Å². The van der Waals surface area contributed by atoms with Crippen molar-refractivity contribution < 1.29 is 58.3 Å². The summed E-state index contributed by atoms with van der Waals surface area (Å²) in [6, 6.07) is 0. The Labute approximate surface area is 371 Å². The Bertz CT molecular complexity index is 1060. The number of allylic oxidation sites excluding steroid dienone is 2. The number of hydrogen-bond donors (Lipinski definition) is 6. The minimum absolute atomic E-state index is 0.0740. The Hall–Kier alpha value is -0.920. The maximum Gasteiger partial charge on any atom is 0.472 e. The molecular formula is C48H93O12P. The molecular weight excluding hydrogens is 799 g/mol. The Morgan fingerprint density at radius 3 is 1.30 bits per heavy atom. The molecule has 0 aliphatic heterocycles. The lowest BCUT2D eigenvalue weighted by Gasteiger charge is -2.41. The Kier molecular flexibility index (Phi) is 37.6. The average molecular weight is 893 g/mol. The van der Waals surface area contributed by atoms with Crippen molar-refractivity contribution in [1.82, 2.24) is 0 Å². The summed E-state index contributed by atoms with van der Waals surface area (Å²) in [5, 5.41) is 50.2. The van der Waals surface area contributed by atoms with E-state index in [0.29, 0.717) is 13.0 Å². The zero-order valence-corrected chi connectivity index (χ0v) is 39.6. The number of esters is 1. The van der Waals surface area contributed by atoms with Crippen LogP contribution in [0.1, 0.15) is 226 Å². The van der Waals surface area contributed by atoms with Gasteiger partial charge in [-0.25, -0.2) is 4.57 Å². The molecule has 1 aliphatic carbocycles. The quantitative estimate of drug-likeness (QED) is 0.0147. The largest absolute Gasteiger partial charge is 0.472 e. The number of phosphoric acid groups is 1. The van der Waals surface area contributed by atoms with Crippen LogP contribution in [0.5, 0.6) is 0 Å². The van der Waals surface area contributed by atoms with Gasteiger partial charge in [0.15, 0.2) is 0 Å². The smallest absolute Gasteiger partial charge is 0.457 e. The lowest BCUT2D eigenvalue weighted by atomic mass is 9.85. The molecule has 12 nitrogen and oxygen atoms in total. The summed E-state index contributed by atoms with van der Waals surface area (Å²) in [5.41, 5.74) is 0. The molecule has 0 aromatic carbocycles. The number of ether oxygens (including phenoxy) is 2. The van der Waals surface area contributed by atoms with Crippen LogP contribution < -0.4 is 0 Å². The van der Waals surface area contributed by atoms with E-state index < -0.39 is 63.1 Å². The van der Waals surface area contributed by atoms with Crippen LogP contribution >= 0.6 is 7.82 Å². The monoisotopic (exact) mass is 893 g/mol. The summed E-state index contributed by atoms with van der Waals surface area (Å²) in [4.78, 5) is 23.2. The maximum absolute atomic E-state index is 12.8. The summed E-state index contributed by atoms with van der Waals surface area (Å²) in [6.07, 6.45) is 31.4. The van der Waals surface area contributed by atoms with Gasteiger partial charge in [0.25, 0.3) is 0 Å². The molecule has 1 aliphatic rings. The third-order valence-electron chi connectivity index (χ3n) is 11.9. The molecule has 0 bridgehead atoms. The van der Waals surface area contributed by atoms with Crippen LogP contribution in [0.15, 0.2) is 12.2 Å². The van der Waals surface area contributed by atoms with Gasteiger partial charge in [0.2, 0.25) is 0 Å². The van der Waals surface area contributed by atoms with Gasteiger partial charge < -0.3 is 39.9 Å². The van der Waals surface area contributed by atoms with Crippen molar-refractivity contribution in [2.75, 3.05) is 19.8 Å². The fourth-order valence-electron chi connectivity index (χ4n) is 7.88. The summed E-state index contributed by atoms with van der Waals surface area (Å²) in [6.45, 7) is 4.28. The van der Waals surface area contributed by atoms with Gasteiger partial charge in [-0.3, -0.25) is 13.8 Å². The van der Waals surface area contributed by atoms with Crippen LogP contribution in [-0.4, -0.2) is 98.9 Å². The summed E-state index contributed by atoms with van der Waals surface area (Å²) >= 11 is 0. The molecule has 6 atom stereocenters. The molecule has 0 aromatic heterocycles. The van der Waals surface area contributed by atoms with E-state index in [1.54, 1.807) is 0 Å². The Balaban J connectivity index is 2.33. The van der Waals surface area contributed by atoms with Crippen LogP contribution in [0.3, 0.4) is 0 Å². The second-order valence-corrected chi connectivity index (χ2v) is 19.1. The Morgan fingerprint density at radius 2 is 0.869 bits per heavy atom. The first kappa shape index (κ1) is 58.1. The first-order valence-electron chi connectivity index (χ1n) is 25.0. The zero-order chi connectivity index (χ0) is 44.8. The molecule has 362 valence electrons. The van der Waals surface area contributed by atoms with Crippen molar-refractivity contribution >= 4 is 13.8 Å². The van der Waals surface area contributed by atoms with E-state index in [1.807, 2.05) is 0 Å². The molecule has 0 spiro atoms. The topological polar surface area (TPSA) is 192 Å². The molecule has 61 heavy (non-hydrogen) atoms. The number of aliphatic hydroxyl groups excluding tert-OH is 5. The summed E-state index contributed by atoms with van der Waals surface area (Å²) < 4.78 is 34.2. The van der Waals surface area contributed by atoms with Crippen molar-refractivity contribution in [2.24, 2.45) is 0 Å². The summed E-state index contributed by atoms with van der Waals surface area (Å²) in [7, 11) is -5.02. The molecule has 0 amide bonds. The highest BCUT2D eigenvalue weighted by Crippen LogP contribution is 2.47. The second kappa shape index (κ2) is 39.4. The zero-order valence-electron chi connectivity index (χ0n) is 38.7. The number of hydrogen-bond acceptors (Lipinski definition) is 11. The predicted octanol–water partition coefficient (Wildman–Crippen LogP) is 10.7. The highest BCUT2D eigenvalue weighted by atomic mass is 31.2. The van der Waals surface area contributed by atoms with Crippen LogP contribution in [0.25, 0.3) is 0 Å². The first-order chi connectivity index (χ1) is 29.5. The van der Waals surface area contributed by atoms with Gasteiger partial charge >= 0.3 is 13.8 Å².